The van der Waals surface area contributed by atoms with E-state index in [1.807, 2.05) is 36.4 Å². The first-order chi connectivity index (χ1) is 7.86. The first-order valence-corrected chi connectivity index (χ1v) is 6.21. The van der Waals surface area contributed by atoms with Crippen molar-refractivity contribution in [2.45, 2.75) is 4.90 Å². The fourth-order valence-electron chi connectivity index (χ4n) is 1.86. The fraction of sp³-hybridized carbons (Fsp3) is 0.0833. The summed E-state index contributed by atoms with van der Waals surface area (Å²) in [4.78, 5) is 5.10. The van der Waals surface area contributed by atoms with Gasteiger partial charge in [0, 0.05) is 11.8 Å². The van der Waals surface area contributed by atoms with Crippen LogP contribution in [0.5, 0.6) is 0 Å². The van der Waals surface area contributed by atoms with Gasteiger partial charge in [0.15, 0.2) is 4.90 Å². The highest BCUT2D eigenvalue weighted by Gasteiger charge is 2.20. The molecule has 0 spiro atoms. The first-order valence-electron chi connectivity index (χ1n) is 5.06. The minimum atomic E-state index is -1.16. The lowest BCUT2D eigenvalue weighted by atomic mass is 10.1. The molecule has 1 aliphatic rings. The van der Waals surface area contributed by atoms with Gasteiger partial charge in [-0.3, -0.25) is 4.98 Å². The summed E-state index contributed by atoms with van der Waals surface area (Å²) in [6.45, 7) is 0.628. The van der Waals surface area contributed by atoms with Crippen molar-refractivity contribution in [3.05, 3.63) is 42.1 Å². The van der Waals surface area contributed by atoms with Gasteiger partial charge in [0.1, 0.15) is 0 Å². The zero-order valence-corrected chi connectivity index (χ0v) is 9.33. The largest absolute Gasteiger partial charge is 0.593 e. The fourth-order valence-corrected chi connectivity index (χ4v) is 2.98. The van der Waals surface area contributed by atoms with E-state index in [4.69, 9.17) is 0 Å². The van der Waals surface area contributed by atoms with Crippen LogP contribution in [0.1, 0.15) is 5.56 Å². The van der Waals surface area contributed by atoms with Crippen molar-refractivity contribution in [2.75, 3.05) is 6.54 Å². The van der Waals surface area contributed by atoms with E-state index < -0.39 is 11.4 Å². The molecule has 1 unspecified atom stereocenters. The molecule has 0 saturated carbocycles. The second-order valence-electron chi connectivity index (χ2n) is 3.57. The van der Waals surface area contributed by atoms with Crippen LogP contribution in [0.3, 0.4) is 0 Å². The Labute approximate surface area is 96.5 Å². The van der Waals surface area contributed by atoms with Crippen LogP contribution in [-0.4, -0.2) is 16.1 Å². The molecule has 0 saturated heterocycles. The number of nitrogens with zero attached hydrogens (tertiary/aromatic N) is 1. The van der Waals surface area contributed by atoms with Crippen molar-refractivity contribution in [3.63, 3.8) is 0 Å². The molecule has 3 rings (SSSR count). The quantitative estimate of drug-likeness (QED) is 0.703. The number of hydrogen-bond donors (Lipinski definition) is 1. The Bertz CT molecular complexity index is 568. The second kappa shape index (κ2) is 3.90. The molecule has 2 heterocycles. The van der Waals surface area contributed by atoms with Crippen LogP contribution in [0, 0.1) is 0 Å². The first kappa shape index (κ1) is 9.84. The van der Waals surface area contributed by atoms with E-state index in [1.165, 1.54) is 0 Å². The van der Waals surface area contributed by atoms with Crippen molar-refractivity contribution >= 4 is 28.3 Å². The number of nitrogens with one attached hydrogen (secondary N) is 1. The zero-order chi connectivity index (χ0) is 11.0. The molecule has 1 aliphatic heterocycles. The summed E-state index contributed by atoms with van der Waals surface area (Å²) in [7, 11) is 0. The van der Waals surface area contributed by atoms with Gasteiger partial charge in [-0.2, -0.15) is 0 Å². The van der Waals surface area contributed by atoms with E-state index in [0.29, 0.717) is 6.54 Å². The van der Waals surface area contributed by atoms with Gasteiger partial charge < -0.3 is 4.55 Å². The Morgan fingerprint density at radius 1 is 1.31 bits per heavy atom. The maximum absolute atomic E-state index is 12.1. The Morgan fingerprint density at radius 3 is 3.19 bits per heavy atom. The Morgan fingerprint density at radius 2 is 2.25 bits per heavy atom. The molecule has 2 aromatic rings. The normalized spacial score (nSPS) is 19.4. The van der Waals surface area contributed by atoms with Crippen LogP contribution < -0.4 is 4.72 Å². The zero-order valence-electron chi connectivity index (χ0n) is 8.51. The van der Waals surface area contributed by atoms with E-state index >= 15 is 0 Å². The molecule has 0 bridgehead atoms. The van der Waals surface area contributed by atoms with Crippen molar-refractivity contribution in [1.29, 1.82) is 0 Å². The van der Waals surface area contributed by atoms with E-state index in [-0.39, 0.29) is 0 Å². The topological polar surface area (TPSA) is 48.0 Å². The minimum Gasteiger partial charge on any atom is -0.593 e. The monoisotopic (exact) mass is 230 g/mol. The third kappa shape index (κ3) is 1.51. The van der Waals surface area contributed by atoms with Gasteiger partial charge in [0.2, 0.25) is 0 Å². The molecule has 0 fully saturated rings. The predicted octanol–water partition coefficient (Wildman–Crippen LogP) is 1.87. The van der Waals surface area contributed by atoms with Crippen molar-refractivity contribution in [3.8, 4) is 0 Å². The lowest BCUT2D eigenvalue weighted by Gasteiger charge is -2.11. The molecule has 3 nitrogen and oxygen atoms in total. The van der Waals surface area contributed by atoms with E-state index in [1.54, 1.807) is 6.20 Å². The predicted molar refractivity (Wildman–Crippen MR) is 65.2 cm³/mol. The lowest BCUT2D eigenvalue weighted by Crippen LogP contribution is -2.23. The van der Waals surface area contributed by atoms with Crippen molar-refractivity contribution in [1.82, 2.24) is 9.71 Å². The average molecular weight is 230 g/mol. The maximum atomic E-state index is 12.1. The number of benzene rings is 1. The standard InChI is InChI=1S/C12H10N2OS/c15-16-12-9(3-1-8-14-16)5-6-11-10(12)4-2-7-13-11/h1-7,14H,8H2. The summed E-state index contributed by atoms with van der Waals surface area (Å²) in [5.74, 6) is 0. The molecule has 4 heteroatoms. The van der Waals surface area contributed by atoms with Crippen LogP contribution in [-0.2, 0) is 11.4 Å². The molecule has 1 aromatic heterocycles. The Balaban J connectivity index is 2.36. The molecule has 1 aromatic carbocycles. The van der Waals surface area contributed by atoms with Gasteiger partial charge in [-0.05, 0) is 24.3 Å². The summed E-state index contributed by atoms with van der Waals surface area (Å²) < 4.78 is 15.0. The summed E-state index contributed by atoms with van der Waals surface area (Å²) in [5, 5.41) is 0.956. The smallest absolute Gasteiger partial charge is 0.190 e. The lowest BCUT2D eigenvalue weighted by molar-refractivity contribution is 0.586. The molecule has 16 heavy (non-hydrogen) atoms. The molecule has 80 valence electrons. The van der Waals surface area contributed by atoms with Gasteiger partial charge in [-0.1, -0.05) is 12.2 Å². The Hall–Kier alpha value is -1.36. The van der Waals surface area contributed by atoms with Crippen molar-refractivity contribution in [2.24, 2.45) is 0 Å². The summed E-state index contributed by atoms with van der Waals surface area (Å²) in [5.41, 5.74) is 1.88. The molecule has 0 aliphatic carbocycles. The van der Waals surface area contributed by atoms with Crippen LogP contribution in [0.4, 0.5) is 0 Å². The van der Waals surface area contributed by atoms with Gasteiger partial charge in [0.25, 0.3) is 0 Å². The van der Waals surface area contributed by atoms with Gasteiger partial charge in [-0.25, -0.2) is 0 Å². The third-order valence-corrected chi connectivity index (χ3v) is 3.84. The molecule has 0 radical (unpaired) electrons. The highest BCUT2D eigenvalue weighted by Crippen LogP contribution is 2.27. The van der Waals surface area contributed by atoms with Gasteiger partial charge in [0.05, 0.1) is 28.8 Å². The highest BCUT2D eigenvalue weighted by atomic mass is 32.2. The van der Waals surface area contributed by atoms with Gasteiger partial charge >= 0.3 is 0 Å². The number of fused-ring (bicyclic) bond motifs is 3. The van der Waals surface area contributed by atoms with E-state index in [2.05, 4.69) is 9.71 Å². The number of rotatable bonds is 0. The minimum absolute atomic E-state index is 0.628. The number of aromatic nitrogens is 1. The van der Waals surface area contributed by atoms with Gasteiger partial charge in [-0.15, -0.1) is 4.72 Å². The molecule has 1 atom stereocenters. The van der Waals surface area contributed by atoms with Crippen LogP contribution >= 0.6 is 0 Å². The van der Waals surface area contributed by atoms with E-state index in [0.717, 1.165) is 21.4 Å². The number of hydrogen-bond acceptors (Lipinski definition) is 3. The number of pyridine rings is 1. The third-order valence-electron chi connectivity index (χ3n) is 2.58. The summed E-state index contributed by atoms with van der Waals surface area (Å²) in [6.07, 6.45) is 5.73. The summed E-state index contributed by atoms with van der Waals surface area (Å²) >= 11 is -1.16. The van der Waals surface area contributed by atoms with E-state index in [9.17, 15) is 4.55 Å². The summed E-state index contributed by atoms with van der Waals surface area (Å²) in [6, 6.07) is 7.75. The SMILES string of the molecule is [O-][S+]1NCC=Cc2ccc3ncccc3c21. The highest BCUT2D eigenvalue weighted by molar-refractivity contribution is 7.89. The average Bonchev–Trinajstić information content (AvgIpc) is 2.51. The van der Waals surface area contributed by atoms with Crippen LogP contribution in [0.15, 0.2) is 41.4 Å². The molecular formula is C12H10N2OS. The van der Waals surface area contributed by atoms with Crippen molar-refractivity contribution < 1.29 is 4.55 Å². The molecule has 0 amide bonds. The Kier molecular flexibility index (Phi) is 2.40. The maximum Gasteiger partial charge on any atom is 0.190 e. The van der Waals surface area contributed by atoms with Crippen LogP contribution in [0.2, 0.25) is 0 Å². The molecular weight excluding hydrogens is 220 g/mol. The second-order valence-corrected chi connectivity index (χ2v) is 4.81. The van der Waals surface area contributed by atoms with Crippen LogP contribution in [0.25, 0.3) is 17.0 Å². The molecule has 1 N–H and O–H groups in total.